The standard InChI is InChI=1S/C12H12ClN3S2/c1-16(7-9-3-4-10(13)18-9)11-5-2-8(6-15-11)12(14)17/h2-6H,7H2,1H3,(H2,14,17). The van der Waals surface area contributed by atoms with E-state index in [1.807, 2.05) is 36.2 Å². The second-order valence-corrected chi connectivity index (χ2v) is 6.07. The summed E-state index contributed by atoms with van der Waals surface area (Å²) in [5.74, 6) is 0.875. The number of anilines is 1. The molecule has 0 spiro atoms. The molecule has 0 aromatic carbocycles. The molecule has 18 heavy (non-hydrogen) atoms. The summed E-state index contributed by atoms with van der Waals surface area (Å²) in [6.45, 7) is 0.775. The summed E-state index contributed by atoms with van der Waals surface area (Å²) in [6, 6.07) is 7.71. The lowest BCUT2D eigenvalue weighted by atomic mass is 10.3. The minimum atomic E-state index is 0.363. The van der Waals surface area contributed by atoms with Crippen molar-refractivity contribution < 1.29 is 0 Å². The largest absolute Gasteiger partial charge is 0.389 e. The number of hydrogen-bond acceptors (Lipinski definition) is 4. The Balaban J connectivity index is 2.09. The summed E-state index contributed by atoms with van der Waals surface area (Å²) in [6.07, 6.45) is 1.69. The number of hydrogen-bond donors (Lipinski definition) is 1. The van der Waals surface area contributed by atoms with Crippen LogP contribution in [0.5, 0.6) is 0 Å². The van der Waals surface area contributed by atoms with Crippen LogP contribution in [0.3, 0.4) is 0 Å². The normalized spacial score (nSPS) is 10.3. The summed E-state index contributed by atoms with van der Waals surface area (Å²) in [5.41, 5.74) is 6.31. The molecule has 2 heterocycles. The maximum atomic E-state index is 5.90. The van der Waals surface area contributed by atoms with Crippen molar-refractivity contribution in [2.45, 2.75) is 6.54 Å². The van der Waals surface area contributed by atoms with E-state index in [-0.39, 0.29) is 0 Å². The zero-order chi connectivity index (χ0) is 13.1. The summed E-state index contributed by atoms with van der Waals surface area (Å²) in [5, 5.41) is 0. The molecule has 94 valence electrons. The van der Waals surface area contributed by atoms with Crippen LogP contribution in [0.1, 0.15) is 10.4 Å². The van der Waals surface area contributed by atoms with Gasteiger partial charge < -0.3 is 10.6 Å². The van der Waals surface area contributed by atoms with E-state index in [2.05, 4.69) is 4.98 Å². The highest BCUT2D eigenvalue weighted by Gasteiger charge is 2.06. The molecule has 2 aromatic heterocycles. The molecule has 0 aliphatic rings. The predicted octanol–water partition coefficient (Wildman–Crippen LogP) is 3.07. The van der Waals surface area contributed by atoms with Crippen LogP contribution in [-0.4, -0.2) is 17.0 Å². The van der Waals surface area contributed by atoms with E-state index in [4.69, 9.17) is 29.6 Å². The molecule has 3 nitrogen and oxygen atoms in total. The molecular formula is C12H12ClN3S2. The van der Waals surface area contributed by atoms with Crippen molar-refractivity contribution in [1.29, 1.82) is 0 Å². The maximum absolute atomic E-state index is 5.90. The van der Waals surface area contributed by atoms with E-state index < -0.39 is 0 Å². The smallest absolute Gasteiger partial charge is 0.128 e. The number of thiocarbonyl (C=S) groups is 1. The molecule has 0 fully saturated rings. The van der Waals surface area contributed by atoms with Crippen LogP contribution in [-0.2, 0) is 6.54 Å². The maximum Gasteiger partial charge on any atom is 0.128 e. The Morgan fingerprint density at radius 3 is 2.72 bits per heavy atom. The Labute approximate surface area is 120 Å². The van der Waals surface area contributed by atoms with Crippen LogP contribution >= 0.6 is 35.2 Å². The molecular weight excluding hydrogens is 286 g/mol. The van der Waals surface area contributed by atoms with Gasteiger partial charge in [0.2, 0.25) is 0 Å². The Bertz CT molecular complexity index is 551. The lowest BCUT2D eigenvalue weighted by Gasteiger charge is -2.17. The molecule has 0 saturated heterocycles. The number of aromatic nitrogens is 1. The van der Waals surface area contributed by atoms with Gasteiger partial charge in [-0.2, -0.15) is 0 Å². The molecule has 0 aliphatic carbocycles. The van der Waals surface area contributed by atoms with E-state index in [1.54, 1.807) is 17.5 Å². The van der Waals surface area contributed by atoms with Crippen LogP contribution in [0, 0.1) is 0 Å². The van der Waals surface area contributed by atoms with Crippen LogP contribution in [0.2, 0.25) is 4.34 Å². The van der Waals surface area contributed by atoms with Gasteiger partial charge in [0.25, 0.3) is 0 Å². The minimum Gasteiger partial charge on any atom is -0.389 e. The third kappa shape index (κ3) is 3.19. The van der Waals surface area contributed by atoms with Crippen LogP contribution in [0.25, 0.3) is 0 Å². The van der Waals surface area contributed by atoms with Crippen LogP contribution < -0.4 is 10.6 Å². The molecule has 0 atom stereocenters. The van der Waals surface area contributed by atoms with Crippen LogP contribution in [0.15, 0.2) is 30.5 Å². The molecule has 6 heteroatoms. The SMILES string of the molecule is CN(Cc1ccc(Cl)s1)c1ccc(C(N)=S)cn1. The van der Waals surface area contributed by atoms with Gasteiger partial charge in [-0.05, 0) is 24.3 Å². The molecule has 0 radical (unpaired) electrons. The Morgan fingerprint density at radius 2 is 2.22 bits per heavy atom. The van der Waals surface area contributed by atoms with Crippen molar-refractivity contribution in [2.75, 3.05) is 11.9 Å². The fourth-order valence-electron chi connectivity index (χ4n) is 1.51. The van der Waals surface area contributed by atoms with E-state index in [0.717, 1.165) is 22.3 Å². The zero-order valence-electron chi connectivity index (χ0n) is 9.76. The molecule has 0 bridgehead atoms. The first-order chi connectivity index (χ1) is 8.56. The second-order valence-electron chi connectivity index (χ2n) is 3.83. The van der Waals surface area contributed by atoms with E-state index >= 15 is 0 Å². The summed E-state index contributed by atoms with van der Waals surface area (Å²) in [7, 11) is 1.98. The topological polar surface area (TPSA) is 42.1 Å². The van der Waals surface area contributed by atoms with Gasteiger partial charge >= 0.3 is 0 Å². The number of thiophene rings is 1. The van der Waals surface area contributed by atoms with Crippen LogP contribution in [0.4, 0.5) is 5.82 Å². The van der Waals surface area contributed by atoms with E-state index in [1.165, 1.54) is 4.88 Å². The van der Waals surface area contributed by atoms with Gasteiger partial charge in [-0.15, -0.1) is 11.3 Å². The van der Waals surface area contributed by atoms with Crippen molar-refractivity contribution in [2.24, 2.45) is 5.73 Å². The average molecular weight is 298 g/mol. The van der Waals surface area contributed by atoms with Crippen molar-refractivity contribution in [3.8, 4) is 0 Å². The third-order valence-electron chi connectivity index (χ3n) is 2.45. The molecule has 0 saturated carbocycles. The highest BCUT2D eigenvalue weighted by Crippen LogP contribution is 2.23. The van der Waals surface area contributed by atoms with Crippen molar-refractivity contribution in [3.05, 3.63) is 45.2 Å². The fourth-order valence-corrected chi connectivity index (χ4v) is 2.77. The zero-order valence-corrected chi connectivity index (χ0v) is 12.1. The van der Waals surface area contributed by atoms with Gasteiger partial charge in [-0.3, -0.25) is 0 Å². The van der Waals surface area contributed by atoms with Crippen molar-refractivity contribution >= 4 is 46.0 Å². The van der Waals surface area contributed by atoms with E-state index in [0.29, 0.717) is 4.99 Å². The Kier molecular flexibility index (Phi) is 4.16. The van der Waals surface area contributed by atoms with Gasteiger partial charge in [-0.25, -0.2) is 4.98 Å². The highest BCUT2D eigenvalue weighted by molar-refractivity contribution is 7.80. The summed E-state index contributed by atoms with van der Waals surface area (Å²) < 4.78 is 0.801. The number of nitrogens with zero attached hydrogens (tertiary/aromatic N) is 2. The first kappa shape index (κ1) is 13.3. The number of pyridine rings is 1. The first-order valence-electron chi connectivity index (χ1n) is 5.27. The molecule has 0 aliphatic heterocycles. The van der Waals surface area contributed by atoms with Crippen molar-refractivity contribution in [1.82, 2.24) is 4.98 Å². The first-order valence-corrected chi connectivity index (χ1v) is 6.88. The lowest BCUT2D eigenvalue weighted by molar-refractivity contribution is 0.912. The Hall–Kier alpha value is -1.17. The minimum absolute atomic E-state index is 0.363. The predicted molar refractivity (Wildman–Crippen MR) is 81.6 cm³/mol. The number of rotatable bonds is 4. The van der Waals surface area contributed by atoms with Gasteiger partial charge in [0.1, 0.15) is 10.8 Å². The second kappa shape index (κ2) is 5.65. The molecule has 2 N–H and O–H groups in total. The van der Waals surface area contributed by atoms with Crippen molar-refractivity contribution in [3.63, 3.8) is 0 Å². The summed E-state index contributed by atoms with van der Waals surface area (Å²) in [4.78, 5) is 7.94. The molecule has 0 amide bonds. The molecule has 0 unspecified atom stereocenters. The quantitative estimate of drug-likeness (QED) is 0.881. The summed E-state index contributed by atoms with van der Waals surface area (Å²) >= 11 is 12.4. The Morgan fingerprint density at radius 1 is 1.44 bits per heavy atom. The molecule has 2 rings (SSSR count). The van der Waals surface area contributed by atoms with Gasteiger partial charge in [0.05, 0.1) is 10.9 Å². The third-order valence-corrected chi connectivity index (χ3v) is 3.90. The molecule has 2 aromatic rings. The van der Waals surface area contributed by atoms with Gasteiger partial charge in [0, 0.05) is 23.7 Å². The highest BCUT2D eigenvalue weighted by atomic mass is 35.5. The lowest BCUT2D eigenvalue weighted by Crippen LogP contribution is -2.17. The number of halogens is 1. The monoisotopic (exact) mass is 297 g/mol. The number of nitrogens with two attached hydrogens (primary N) is 1. The van der Waals surface area contributed by atoms with E-state index in [9.17, 15) is 0 Å². The fraction of sp³-hybridized carbons (Fsp3) is 0.167. The van der Waals surface area contributed by atoms with Gasteiger partial charge in [-0.1, -0.05) is 23.8 Å². The average Bonchev–Trinajstić information content (AvgIpc) is 2.75. The van der Waals surface area contributed by atoms with Gasteiger partial charge in [0.15, 0.2) is 0 Å².